The number of aromatic nitrogens is 4. The van der Waals surface area contributed by atoms with Crippen molar-refractivity contribution < 1.29 is 10.2 Å². The smallest absolute Gasteiger partial charge is 0.278 e. The summed E-state index contributed by atoms with van der Waals surface area (Å²) in [5.74, 6) is -0.0481. The van der Waals surface area contributed by atoms with Gasteiger partial charge < -0.3 is 20.9 Å². The van der Waals surface area contributed by atoms with Crippen molar-refractivity contribution in [1.82, 2.24) is 19.5 Å². The molecule has 0 spiro atoms. The van der Waals surface area contributed by atoms with Gasteiger partial charge in [0, 0.05) is 25.2 Å². The van der Waals surface area contributed by atoms with Gasteiger partial charge in [0.05, 0.1) is 0 Å². The Kier molecular flexibility index (Phi) is 3.11. The average molecular weight is 297 g/mol. The molecule has 108 valence electrons. The number of hydrogen-bond donors (Lipinski definition) is 5. The molecule has 1 aliphatic carbocycles. The number of anilines is 1. The molecule has 0 aliphatic heterocycles. The maximum Gasteiger partial charge on any atom is 0.278 e. The molecule has 0 bridgehead atoms. The maximum absolute atomic E-state index is 11.8. The second kappa shape index (κ2) is 4.69. The largest absolute Gasteiger partial charge is 0.396 e. The van der Waals surface area contributed by atoms with Crippen LogP contribution in [-0.2, 0) is 0 Å². The second-order valence-electron chi connectivity index (χ2n) is 5.04. The first kappa shape index (κ1) is 13.3. The van der Waals surface area contributed by atoms with Crippen LogP contribution >= 0.6 is 12.2 Å². The Bertz CT molecular complexity index is 763. The number of imidazole rings is 1. The fourth-order valence-electron chi connectivity index (χ4n) is 2.89. The molecule has 1 saturated carbocycles. The van der Waals surface area contributed by atoms with Crippen LogP contribution in [0.15, 0.2) is 4.79 Å². The van der Waals surface area contributed by atoms with Crippen LogP contribution < -0.4 is 11.3 Å². The molecule has 1 aliphatic rings. The van der Waals surface area contributed by atoms with Gasteiger partial charge in [0.15, 0.2) is 15.9 Å². The first-order valence-electron chi connectivity index (χ1n) is 6.28. The Morgan fingerprint density at radius 1 is 1.40 bits per heavy atom. The quantitative estimate of drug-likeness (QED) is 0.486. The van der Waals surface area contributed by atoms with Gasteiger partial charge in [-0.25, -0.2) is 0 Å². The topological polar surface area (TPSA) is 133 Å². The van der Waals surface area contributed by atoms with E-state index in [-0.39, 0.29) is 48.1 Å². The summed E-state index contributed by atoms with van der Waals surface area (Å²) < 4.78 is 2.08. The van der Waals surface area contributed by atoms with Crippen LogP contribution in [0, 0.1) is 16.6 Å². The van der Waals surface area contributed by atoms with E-state index < -0.39 is 0 Å². The van der Waals surface area contributed by atoms with Crippen molar-refractivity contribution in [1.29, 1.82) is 0 Å². The van der Waals surface area contributed by atoms with Gasteiger partial charge >= 0.3 is 0 Å². The standard InChI is InChI=1S/C11H15N5O3S/c12-10-14-8-7(9(19)15-10)13-11(20)16(8)6-1-4(2-17)5(6)3-18/h4-6,17-18H,1-3H2,(H,13,20)(H3,12,14,15,19). The van der Waals surface area contributed by atoms with Gasteiger partial charge in [-0.05, 0) is 24.6 Å². The van der Waals surface area contributed by atoms with Crippen LogP contribution in [0.2, 0.25) is 0 Å². The fourth-order valence-corrected chi connectivity index (χ4v) is 3.22. The lowest BCUT2D eigenvalue weighted by atomic mass is 9.70. The molecule has 2 aromatic heterocycles. The number of aromatic amines is 2. The molecule has 3 rings (SSSR count). The van der Waals surface area contributed by atoms with Crippen LogP contribution in [0.4, 0.5) is 5.95 Å². The fraction of sp³-hybridized carbons (Fsp3) is 0.545. The van der Waals surface area contributed by atoms with Gasteiger partial charge in [-0.3, -0.25) is 14.3 Å². The minimum absolute atomic E-state index is 0.0174. The molecule has 1 fully saturated rings. The van der Waals surface area contributed by atoms with E-state index in [2.05, 4.69) is 15.0 Å². The van der Waals surface area contributed by atoms with Crippen molar-refractivity contribution in [2.75, 3.05) is 18.9 Å². The van der Waals surface area contributed by atoms with Crippen molar-refractivity contribution in [3.8, 4) is 0 Å². The summed E-state index contributed by atoms with van der Waals surface area (Å²) in [6, 6.07) is -0.0906. The van der Waals surface area contributed by atoms with Crippen LogP contribution in [0.5, 0.6) is 0 Å². The van der Waals surface area contributed by atoms with E-state index in [0.29, 0.717) is 16.8 Å². The number of rotatable bonds is 3. The molecule has 3 atom stereocenters. The second-order valence-corrected chi connectivity index (χ2v) is 5.43. The van der Waals surface area contributed by atoms with E-state index in [1.807, 2.05) is 0 Å². The lowest BCUT2D eigenvalue weighted by Gasteiger charge is -2.43. The minimum Gasteiger partial charge on any atom is -0.396 e. The molecule has 8 nitrogen and oxygen atoms in total. The highest BCUT2D eigenvalue weighted by molar-refractivity contribution is 7.71. The SMILES string of the molecule is Nc1nc2c([nH]c(=S)n2C2CC(CO)C2CO)c(=O)[nH]1. The van der Waals surface area contributed by atoms with E-state index in [9.17, 15) is 15.0 Å². The summed E-state index contributed by atoms with van der Waals surface area (Å²) in [5, 5.41) is 18.7. The number of nitrogens with one attached hydrogen (secondary N) is 2. The Morgan fingerprint density at radius 3 is 2.80 bits per heavy atom. The first-order valence-corrected chi connectivity index (χ1v) is 6.69. The predicted octanol–water partition coefficient (Wildman–Crippen LogP) is -0.474. The van der Waals surface area contributed by atoms with Gasteiger partial charge in [-0.15, -0.1) is 0 Å². The number of aliphatic hydroxyl groups excluding tert-OH is 2. The average Bonchev–Trinajstić information content (AvgIpc) is 2.67. The Balaban J connectivity index is 2.15. The molecule has 9 heteroatoms. The van der Waals surface area contributed by atoms with Crippen LogP contribution in [0.25, 0.3) is 11.2 Å². The van der Waals surface area contributed by atoms with Crippen LogP contribution in [0.1, 0.15) is 12.5 Å². The summed E-state index contributed by atoms with van der Waals surface area (Å²) >= 11 is 5.24. The van der Waals surface area contributed by atoms with Crippen LogP contribution in [0.3, 0.4) is 0 Å². The monoisotopic (exact) mass is 297 g/mol. The number of nitrogen functional groups attached to an aromatic ring is 1. The zero-order valence-electron chi connectivity index (χ0n) is 10.5. The van der Waals surface area contributed by atoms with E-state index >= 15 is 0 Å². The summed E-state index contributed by atoms with van der Waals surface area (Å²) in [4.78, 5) is 21.2. The van der Waals surface area contributed by atoms with E-state index in [1.165, 1.54) is 0 Å². The molecule has 3 unspecified atom stereocenters. The zero-order valence-corrected chi connectivity index (χ0v) is 11.4. The summed E-state index contributed by atoms with van der Waals surface area (Å²) in [7, 11) is 0. The molecular weight excluding hydrogens is 282 g/mol. The molecule has 6 N–H and O–H groups in total. The van der Waals surface area contributed by atoms with E-state index in [0.717, 1.165) is 0 Å². The summed E-state index contributed by atoms with van der Waals surface area (Å²) in [6.07, 6.45) is 0.678. The van der Waals surface area contributed by atoms with Gasteiger partial charge in [0.1, 0.15) is 0 Å². The van der Waals surface area contributed by atoms with Crippen molar-refractivity contribution >= 4 is 29.3 Å². The predicted molar refractivity (Wildman–Crippen MR) is 74.8 cm³/mol. The number of aliphatic hydroxyl groups is 2. The summed E-state index contributed by atoms with van der Waals surface area (Å²) in [6.45, 7) is -0.0312. The third kappa shape index (κ3) is 1.78. The zero-order chi connectivity index (χ0) is 14.4. The minimum atomic E-state index is -0.379. The van der Waals surface area contributed by atoms with Crippen LogP contribution in [-0.4, -0.2) is 42.9 Å². The van der Waals surface area contributed by atoms with E-state index in [4.69, 9.17) is 18.0 Å². The van der Waals surface area contributed by atoms with E-state index in [1.54, 1.807) is 4.57 Å². The van der Waals surface area contributed by atoms with Crippen molar-refractivity contribution in [3.05, 3.63) is 15.1 Å². The number of nitrogens with zero attached hydrogens (tertiary/aromatic N) is 2. The van der Waals surface area contributed by atoms with Gasteiger partial charge in [-0.1, -0.05) is 0 Å². The molecule has 2 heterocycles. The number of H-pyrrole nitrogens is 2. The van der Waals surface area contributed by atoms with Gasteiger partial charge in [-0.2, -0.15) is 4.98 Å². The summed E-state index contributed by atoms with van der Waals surface area (Å²) in [5.41, 5.74) is 5.84. The molecule has 0 amide bonds. The van der Waals surface area contributed by atoms with Crippen molar-refractivity contribution in [2.45, 2.75) is 12.5 Å². The molecule has 0 saturated heterocycles. The molecule has 0 aromatic carbocycles. The van der Waals surface area contributed by atoms with Gasteiger partial charge in [0.2, 0.25) is 5.95 Å². The Labute approximate surface area is 118 Å². The number of nitrogens with two attached hydrogens (primary N) is 1. The number of hydrogen-bond acceptors (Lipinski definition) is 6. The molecular formula is C11H15N5O3S. The highest BCUT2D eigenvalue weighted by atomic mass is 32.1. The lowest BCUT2D eigenvalue weighted by Crippen LogP contribution is -2.42. The Hall–Kier alpha value is -1.71. The molecule has 0 radical (unpaired) electrons. The Morgan fingerprint density at radius 2 is 2.15 bits per heavy atom. The number of fused-ring (bicyclic) bond motifs is 1. The normalized spacial score (nSPS) is 25.8. The maximum atomic E-state index is 11.8. The first-order chi connectivity index (χ1) is 9.56. The highest BCUT2D eigenvalue weighted by Crippen LogP contribution is 2.44. The van der Waals surface area contributed by atoms with Crippen molar-refractivity contribution in [3.63, 3.8) is 0 Å². The lowest BCUT2D eigenvalue weighted by molar-refractivity contribution is -0.00580. The van der Waals surface area contributed by atoms with Crippen molar-refractivity contribution in [2.24, 2.45) is 11.8 Å². The van der Waals surface area contributed by atoms with Gasteiger partial charge in [0.25, 0.3) is 5.56 Å². The third-order valence-corrected chi connectivity index (χ3v) is 4.32. The molecule has 2 aromatic rings. The molecule has 20 heavy (non-hydrogen) atoms. The highest BCUT2D eigenvalue weighted by Gasteiger charge is 2.42. The third-order valence-electron chi connectivity index (χ3n) is 4.02.